The molecule has 1 saturated carbocycles. The number of halogens is 1. The van der Waals surface area contributed by atoms with Gasteiger partial charge in [-0.05, 0) is 24.2 Å². The predicted octanol–water partition coefficient (Wildman–Crippen LogP) is 2.65. The molecule has 0 aliphatic heterocycles. The largest absolute Gasteiger partial charge is 0.250 e. The number of alkyl halides is 1. The van der Waals surface area contributed by atoms with E-state index in [1.54, 1.807) is 6.33 Å². The van der Waals surface area contributed by atoms with Crippen LogP contribution in [0.15, 0.2) is 6.33 Å². The third kappa shape index (κ3) is 2.60. The van der Waals surface area contributed by atoms with Crippen LogP contribution in [0.25, 0.3) is 0 Å². The van der Waals surface area contributed by atoms with Gasteiger partial charge in [0.1, 0.15) is 12.2 Å². The maximum atomic E-state index is 4.37. The molecule has 84 valence electrons. The van der Waals surface area contributed by atoms with Crippen molar-refractivity contribution in [2.24, 2.45) is 11.3 Å². The van der Waals surface area contributed by atoms with Crippen LogP contribution in [-0.2, 0) is 13.0 Å². The Labute approximate surface area is 99.4 Å². The third-order valence-corrected chi connectivity index (χ3v) is 4.20. The van der Waals surface area contributed by atoms with E-state index in [1.165, 1.54) is 12.8 Å². The highest BCUT2D eigenvalue weighted by molar-refractivity contribution is 9.09. The van der Waals surface area contributed by atoms with E-state index in [-0.39, 0.29) is 0 Å². The van der Waals surface area contributed by atoms with E-state index in [0.717, 1.165) is 24.1 Å². The maximum Gasteiger partial charge on any atom is 0.138 e. The van der Waals surface area contributed by atoms with Gasteiger partial charge in [-0.15, -0.1) is 0 Å². The van der Waals surface area contributed by atoms with Crippen molar-refractivity contribution in [3.8, 4) is 0 Å². The smallest absolute Gasteiger partial charge is 0.138 e. The van der Waals surface area contributed by atoms with Crippen LogP contribution in [-0.4, -0.2) is 20.1 Å². The standard InChI is InChI=1S/C11H18BrN3/c1-9(2)6-15-10(13-8-14-15)5-11(7-12)3-4-11/h8-9H,3-7H2,1-2H3. The fourth-order valence-electron chi connectivity index (χ4n) is 1.79. The van der Waals surface area contributed by atoms with Crippen LogP contribution in [0, 0.1) is 11.3 Å². The first-order valence-electron chi connectivity index (χ1n) is 5.58. The van der Waals surface area contributed by atoms with Gasteiger partial charge in [0, 0.05) is 18.3 Å². The molecule has 1 heterocycles. The molecule has 0 N–H and O–H groups in total. The summed E-state index contributed by atoms with van der Waals surface area (Å²) in [6, 6.07) is 0. The highest BCUT2D eigenvalue weighted by Gasteiger charge is 2.42. The molecule has 0 aromatic carbocycles. The average Bonchev–Trinajstić information content (AvgIpc) is 2.84. The summed E-state index contributed by atoms with van der Waals surface area (Å²) in [5.41, 5.74) is 0.488. The Bertz CT molecular complexity index is 328. The van der Waals surface area contributed by atoms with Crippen LogP contribution in [0.2, 0.25) is 0 Å². The lowest BCUT2D eigenvalue weighted by molar-refractivity contribution is 0.445. The Kier molecular flexibility index (Phi) is 3.14. The van der Waals surface area contributed by atoms with Gasteiger partial charge in [0.05, 0.1) is 0 Å². The second-order valence-corrected chi connectivity index (χ2v) is 5.62. The number of hydrogen-bond acceptors (Lipinski definition) is 2. The summed E-state index contributed by atoms with van der Waals surface area (Å²) in [5, 5.41) is 5.38. The number of aromatic nitrogens is 3. The zero-order valence-corrected chi connectivity index (χ0v) is 11.0. The Hall–Kier alpha value is -0.380. The van der Waals surface area contributed by atoms with Gasteiger partial charge < -0.3 is 0 Å². The minimum atomic E-state index is 0.488. The van der Waals surface area contributed by atoms with Crippen LogP contribution in [0.1, 0.15) is 32.5 Å². The maximum absolute atomic E-state index is 4.37. The molecule has 15 heavy (non-hydrogen) atoms. The van der Waals surface area contributed by atoms with Crippen molar-refractivity contribution in [1.82, 2.24) is 14.8 Å². The number of rotatable bonds is 5. The molecular weight excluding hydrogens is 254 g/mol. The molecule has 0 atom stereocenters. The zero-order chi connectivity index (χ0) is 10.9. The molecule has 1 aromatic rings. The minimum Gasteiger partial charge on any atom is -0.250 e. The second kappa shape index (κ2) is 4.24. The lowest BCUT2D eigenvalue weighted by atomic mass is 10.1. The van der Waals surface area contributed by atoms with Crippen molar-refractivity contribution in [3.05, 3.63) is 12.2 Å². The zero-order valence-electron chi connectivity index (χ0n) is 9.41. The van der Waals surface area contributed by atoms with E-state index in [2.05, 4.69) is 44.5 Å². The minimum absolute atomic E-state index is 0.488. The molecule has 1 fully saturated rings. The molecule has 3 nitrogen and oxygen atoms in total. The molecule has 1 aliphatic carbocycles. The van der Waals surface area contributed by atoms with Crippen molar-refractivity contribution in [3.63, 3.8) is 0 Å². The summed E-state index contributed by atoms with van der Waals surface area (Å²) in [5.74, 6) is 1.78. The van der Waals surface area contributed by atoms with Crippen LogP contribution in [0.5, 0.6) is 0 Å². The Morgan fingerprint density at radius 3 is 2.80 bits per heavy atom. The van der Waals surface area contributed by atoms with Gasteiger partial charge in [-0.1, -0.05) is 29.8 Å². The Balaban J connectivity index is 2.05. The molecular formula is C11H18BrN3. The Morgan fingerprint density at radius 2 is 2.27 bits per heavy atom. The predicted molar refractivity (Wildman–Crippen MR) is 64.0 cm³/mol. The fraction of sp³-hybridized carbons (Fsp3) is 0.818. The SMILES string of the molecule is CC(C)Cn1ncnc1CC1(CBr)CC1. The summed E-state index contributed by atoms with van der Waals surface area (Å²) in [6.07, 6.45) is 5.41. The van der Waals surface area contributed by atoms with E-state index in [0.29, 0.717) is 11.3 Å². The molecule has 0 spiro atoms. The lowest BCUT2D eigenvalue weighted by Crippen LogP contribution is -2.15. The Morgan fingerprint density at radius 1 is 1.53 bits per heavy atom. The molecule has 0 saturated heterocycles. The van der Waals surface area contributed by atoms with E-state index in [4.69, 9.17) is 0 Å². The first-order chi connectivity index (χ1) is 7.15. The van der Waals surface area contributed by atoms with E-state index < -0.39 is 0 Å². The van der Waals surface area contributed by atoms with Gasteiger partial charge in [0.15, 0.2) is 0 Å². The molecule has 2 rings (SSSR count). The second-order valence-electron chi connectivity index (χ2n) is 5.06. The summed E-state index contributed by atoms with van der Waals surface area (Å²) >= 11 is 3.60. The quantitative estimate of drug-likeness (QED) is 0.771. The number of nitrogens with zero attached hydrogens (tertiary/aromatic N) is 3. The van der Waals surface area contributed by atoms with E-state index in [9.17, 15) is 0 Å². The van der Waals surface area contributed by atoms with Crippen LogP contribution in [0.3, 0.4) is 0 Å². The van der Waals surface area contributed by atoms with Gasteiger partial charge in [-0.25, -0.2) is 9.67 Å². The molecule has 0 unspecified atom stereocenters. The van der Waals surface area contributed by atoms with Gasteiger partial charge in [0.25, 0.3) is 0 Å². The monoisotopic (exact) mass is 271 g/mol. The van der Waals surface area contributed by atoms with Crippen molar-refractivity contribution in [2.75, 3.05) is 5.33 Å². The van der Waals surface area contributed by atoms with Crippen LogP contribution in [0.4, 0.5) is 0 Å². The summed E-state index contributed by atoms with van der Waals surface area (Å²) in [6.45, 7) is 5.40. The molecule has 0 radical (unpaired) electrons. The summed E-state index contributed by atoms with van der Waals surface area (Å²) in [4.78, 5) is 4.37. The third-order valence-electron chi connectivity index (χ3n) is 3.01. The van der Waals surface area contributed by atoms with Crippen LogP contribution < -0.4 is 0 Å². The summed E-state index contributed by atoms with van der Waals surface area (Å²) < 4.78 is 2.06. The first kappa shape index (κ1) is 11.1. The normalized spacial score (nSPS) is 18.4. The van der Waals surface area contributed by atoms with E-state index in [1.807, 2.05) is 0 Å². The molecule has 4 heteroatoms. The van der Waals surface area contributed by atoms with E-state index >= 15 is 0 Å². The molecule has 1 aromatic heterocycles. The first-order valence-corrected chi connectivity index (χ1v) is 6.70. The molecule has 0 amide bonds. The lowest BCUT2D eigenvalue weighted by Gasteiger charge is -2.13. The highest BCUT2D eigenvalue weighted by atomic mass is 79.9. The van der Waals surface area contributed by atoms with Gasteiger partial charge in [0.2, 0.25) is 0 Å². The molecule has 0 bridgehead atoms. The average molecular weight is 272 g/mol. The van der Waals surface area contributed by atoms with Crippen molar-refractivity contribution < 1.29 is 0 Å². The van der Waals surface area contributed by atoms with Gasteiger partial charge in [-0.3, -0.25) is 0 Å². The molecule has 1 aliphatic rings. The van der Waals surface area contributed by atoms with Gasteiger partial charge in [-0.2, -0.15) is 5.10 Å². The van der Waals surface area contributed by atoms with Gasteiger partial charge >= 0.3 is 0 Å². The van der Waals surface area contributed by atoms with Crippen molar-refractivity contribution >= 4 is 15.9 Å². The van der Waals surface area contributed by atoms with Crippen LogP contribution >= 0.6 is 15.9 Å². The summed E-state index contributed by atoms with van der Waals surface area (Å²) in [7, 11) is 0. The topological polar surface area (TPSA) is 30.7 Å². The number of hydrogen-bond donors (Lipinski definition) is 0. The fourth-order valence-corrected chi connectivity index (χ4v) is 2.55. The van der Waals surface area contributed by atoms with Crippen molar-refractivity contribution in [2.45, 2.75) is 39.7 Å². The highest BCUT2D eigenvalue weighted by Crippen LogP contribution is 2.49. The van der Waals surface area contributed by atoms with Crippen molar-refractivity contribution in [1.29, 1.82) is 0 Å².